The van der Waals surface area contributed by atoms with Crippen LogP contribution in [-0.2, 0) is 69.3 Å². The summed E-state index contributed by atoms with van der Waals surface area (Å²) >= 11 is 2.65. The molecule has 0 aliphatic heterocycles. The van der Waals surface area contributed by atoms with Crippen molar-refractivity contribution < 1.29 is 31.2 Å². The zero-order valence-corrected chi connectivity index (χ0v) is 40.7. The number of benzene rings is 4. The second kappa shape index (κ2) is 22.9. The van der Waals surface area contributed by atoms with Crippen molar-refractivity contribution in [3.63, 3.8) is 0 Å². The number of imidazole rings is 1. The molecule has 0 saturated carbocycles. The second-order valence-electron chi connectivity index (χ2n) is 15.7. The van der Waals surface area contributed by atoms with Crippen LogP contribution in [0.25, 0.3) is 21.8 Å². The monoisotopic (exact) mass is 988 g/mol. The average molecular weight is 989 g/mol. The number of nitrogens with zero attached hydrogens (tertiary/aromatic N) is 8. The first-order valence-electron chi connectivity index (χ1n) is 21.2. The number of thiazole rings is 2. The summed E-state index contributed by atoms with van der Waals surface area (Å²) in [5, 5.41) is 4.47. The van der Waals surface area contributed by atoms with Crippen LogP contribution in [0.2, 0.25) is 0 Å². The van der Waals surface area contributed by atoms with Gasteiger partial charge in [-0.15, -0.1) is 22.7 Å². The Kier molecular flexibility index (Phi) is 16.6. The van der Waals surface area contributed by atoms with E-state index < -0.39 is 20.0 Å². The Morgan fingerprint density at radius 3 is 1.84 bits per heavy atom. The van der Waals surface area contributed by atoms with Gasteiger partial charge in [0.05, 0.1) is 18.2 Å². The number of Topliss-reactive ketones (excluding diaryl/α,β-unsaturated/α-hetero) is 2. The van der Waals surface area contributed by atoms with Gasteiger partial charge in [-0.2, -0.15) is 8.61 Å². The minimum Gasteiger partial charge on any atom is -0.486 e. The van der Waals surface area contributed by atoms with Crippen LogP contribution in [0.5, 0.6) is 5.75 Å². The van der Waals surface area contributed by atoms with Crippen molar-refractivity contribution in [2.75, 3.05) is 6.61 Å². The van der Waals surface area contributed by atoms with Crippen LogP contribution in [0, 0.1) is 0 Å². The molecule has 0 radical (unpaired) electrons. The van der Waals surface area contributed by atoms with E-state index in [1.165, 1.54) is 34.3 Å². The average Bonchev–Trinajstić information content (AvgIpc) is 4.17. The molecule has 4 aromatic heterocycles. The summed E-state index contributed by atoms with van der Waals surface area (Å²) in [6.07, 6.45) is 12.2. The van der Waals surface area contributed by atoms with E-state index in [2.05, 4.69) is 24.9 Å². The largest absolute Gasteiger partial charge is 0.486 e. The zero-order valence-electron chi connectivity index (χ0n) is 37.5. The van der Waals surface area contributed by atoms with E-state index in [4.69, 9.17) is 4.74 Å². The molecule has 68 heavy (non-hydrogen) atoms. The first-order valence-corrected chi connectivity index (χ1v) is 25.9. The number of hydrogen-bond acceptors (Lipinski definition) is 14. The van der Waals surface area contributed by atoms with Gasteiger partial charge in [0.1, 0.15) is 23.1 Å². The molecule has 0 amide bonds. The van der Waals surface area contributed by atoms with E-state index in [-0.39, 0.29) is 53.7 Å². The molecule has 4 heterocycles. The van der Waals surface area contributed by atoms with Gasteiger partial charge < -0.3 is 14.1 Å². The highest BCUT2D eigenvalue weighted by molar-refractivity contribution is 7.91. The molecule has 0 spiro atoms. The van der Waals surface area contributed by atoms with Crippen molar-refractivity contribution in [3.8, 4) is 27.6 Å². The molecule has 0 fully saturated rings. The van der Waals surface area contributed by atoms with Gasteiger partial charge in [0, 0.05) is 92.5 Å². The lowest BCUT2D eigenvalue weighted by molar-refractivity contribution is -0.119. The number of aryl methyl sites for hydroxylation is 2. The van der Waals surface area contributed by atoms with Crippen molar-refractivity contribution in [2.45, 2.75) is 62.2 Å². The van der Waals surface area contributed by atoms with Gasteiger partial charge in [-0.05, 0) is 60.2 Å². The number of hydrogen-bond donors (Lipinski definition) is 0. The molecular formula is C49H48N8O7S4. The van der Waals surface area contributed by atoms with Gasteiger partial charge in [-0.1, -0.05) is 84.9 Å². The van der Waals surface area contributed by atoms with Crippen LogP contribution in [-0.4, -0.2) is 73.1 Å². The minimum absolute atomic E-state index is 0.0154. The third-order valence-electron chi connectivity index (χ3n) is 10.2. The van der Waals surface area contributed by atoms with Crippen molar-refractivity contribution in [1.82, 2.24) is 38.1 Å². The van der Waals surface area contributed by atoms with Gasteiger partial charge >= 0.3 is 0 Å². The topological polar surface area (TPSA) is 188 Å². The number of ketones is 2. The third kappa shape index (κ3) is 13.5. The van der Waals surface area contributed by atoms with Gasteiger partial charge in [0.2, 0.25) is 4.34 Å². The van der Waals surface area contributed by atoms with E-state index >= 15 is 0 Å². The SMILES string of the molecule is CC(=O)CCc1cccc(CN(Cc2ccc(-c3cnccn3)cc2)S(=O)(=O)c2nccs2)c1.CC(=O)COc1cccc(CN(Cc2ccc(-c3nccs3)cc2)S(=O)(=O)c2cn(C)cn2)c1. The summed E-state index contributed by atoms with van der Waals surface area (Å²) in [6, 6.07) is 30.1. The Labute approximate surface area is 403 Å². The van der Waals surface area contributed by atoms with E-state index in [0.717, 1.165) is 61.0 Å². The molecule has 19 heteroatoms. The maximum Gasteiger partial charge on any atom is 0.270 e. The molecule has 350 valence electrons. The molecule has 15 nitrogen and oxygen atoms in total. The van der Waals surface area contributed by atoms with Gasteiger partial charge in [0.25, 0.3) is 20.0 Å². The summed E-state index contributed by atoms with van der Waals surface area (Å²) in [5.74, 6) is 0.546. The highest BCUT2D eigenvalue weighted by atomic mass is 32.2. The molecule has 0 aliphatic rings. The minimum atomic E-state index is -3.87. The Morgan fingerprint density at radius 1 is 0.632 bits per heavy atom. The lowest BCUT2D eigenvalue weighted by Crippen LogP contribution is -2.30. The fraction of sp³-hybridized carbons (Fsp3) is 0.204. The van der Waals surface area contributed by atoms with Crippen LogP contribution in [0.4, 0.5) is 0 Å². The van der Waals surface area contributed by atoms with E-state index in [1.54, 1.807) is 78.2 Å². The highest BCUT2D eigenvalue weighted by Crippen LogP contribution is 2.27. The lowest BCUT2D eigenvalue weighted by Gasteiger charge is -2.22. The second-order valence-corrected chi connectivity index (χ2v) is 21.5. The van der Waals surface area contributed by atoms with Crippen LogP contribution in [0.1, 0.15) is 48.1 Å². The number of carbonyl (C=O) groups excluding carboxylic acids is 2. The fourth-order valence-electron chi connectivity index (χ4n) is 6.84. The third-order valence-corrected chi connectivity index (χ3v) is 15.7. The molecule has 8 rings (SSSR count). The fourth-order valence-corrected chi connectivity index (χ4v) is 11.2. The molecule has 0 unspecified atom stereocenters. The summed E-state index contributed by atoms with van der Waals surface area (Å²) in [4.78, 5) is 43.4. The quantitative estimate of drug-likeness (QED) is 0.0711. The van der Waals surface area contributed by atoms with Crippen molar-refractivity contribution in [1.29, 1.82) is 0 Å². The van der Waals surface area contributed by atoms with Crippen molar-refractivity contribution in [3.05, 3.63) is 179 Å². The van der Waals surface area contributed by atoms with Crippen LogP contribution >= 0.6 is 22.7 Å². The van der Waals surface area contributed by atoms with E-state index in [1.807, 2.05) is 84.2 Å². The van der Waals surface area contributed by atoms with Gasteiger partial charge in [0.15, 0.2) is 10.8 Å². The predicted octanol–water partition coefficient (Wildman–Crippen LogP) is 8.42. The standard InChI is InChI=1S/C25H24N4O3S2.C24H24N4O4S2/c1-19(30)5-6-20-3-2-4-22(15-20)18-29(34(31,32)25-28-13-14-33-25)17-21-7-9-23(10-8-21)24-16-26-11-12-27-24;1-18(29)16-32-22-5-3-4-20(12-22)14-28(34(30,31)23-15-27(2)17-26-23)13-19-6-8-21(9-7-19)24-25-10-11-33-24/h2-4,7-16H,5-6,17-18H2,1H3;3-12,15,17H,13-14,16H2,1-2H3. The number of ether oxygens (including phenoxy) is 1. The number of sulfonamides is 2. The molecule has 0 aliphatic carbocycles. The summed E-state index contributed by atoms with van der Waals surface area (Å²) in [7, 11) is -5.94. The molecule has 0 saturated heterocycles. The first kappa shape index (κ1) is 49.3. The zero-order chi connectivity index (χ0) is 48.1. The van der Waals surface area contributed by atoms with E-state index in [0.29, 0.717) is 18.6 Å². The van der Waals surface area contributed by atoms with Gasteiger partial charge in [-0.3, -0.25) is 14.8 Å². The molecular weight excluding hydrogens is 941 g/mol. The molecule has 0 atom stereocenters. The van der Waals surface area contributed by atoms with Gasteiger partial charge in [-0.25, -0.2) is 31.8 Å². The number of carbonyl (C=O) groups is 2. The summed E-state index contributed by atoms with van der Waals surface area (Å²) in [6.45, 7) is 3.65. The highest BCUT2D eigenvalue weighted by Gasteiger charge is 2.29. The van der Waals surface area contributed by atoms with Crippen molar-refractivity contribution in [2.24, 2.45) is 7.05 Å². The molecule has 8 aromatic rings. The first-order chi connectivity index (χ1) is 32.7. The van der Waals surface area contributed by atoms with Crippen LogP contribution in [0.15, 0.2) is 161 Å². The smallest absolute Gasteiger partial charge is 0.270 e. The molecule has 0 bridgehead atoms. The maximum absolute atomic E-state index is 13.5. The Hall–Kier alpha value is -6.61. The Balaban J connectivity index is 0.000000201. The predicted molar refractivity (Wildman–Crippen MR) is 261 cm³/mol. The lowest BCUT2D eigenvalue weighted by atomic mass is 10.0. The number of rotatable bonds is 20. The van der Waals surface area contributed by atoms with Crippen LogP contribution in [0.3, 0.4) is 0 Å². The normalized spacial score (nSPS) is 11.6. The summed E-state index contributed by atoms with van der Waals surface area (Å²) < 4.78 is 63.7. The van der Waals surface area contributed by atoms with Crippen LogP contribution < -0.4 is 4.74 Å². The molecule has 0 N–H and O–H groups in total. The molecule has 4 aromatic carbocycles. The Morgan fingerprint density at radius 2 is 1.25 bits per heavy atom. The maximum atomic E-state index is 13.5. The van der Waals surface area contributed by atoms with Crippen molar-refractivity contribution >= 4 is 54.3 Å². The Bertz CT molecular complexity index is 3130. The number of aromatic nitrogens is 6. The summed E-state index contributed by atoms with van der Waals surface area (Å²) in [5.41, 5.74) is 6.93. The van der Waals surface area contributed by atoms with E-state index in [9.17, 15) is 26.4 Å².